The lowest BCUT2D eigenvalue weighted by Crippen LogP contribution is -2.29. The monoisotopic (exact) mass is 309 g/mol. The first-order valence-corrected chi connectivity index (χ1v) is 7.42. The van der Waals surface area contributed by atoms with Gasteiger partial charge in [-0.2, -0.15) is 0 Å². The molecule has 6 nitrogen and oxygen atoms in total. The van der Waals surface area contributed by atoms with Crippen molar-refractivity contribution in [2.75, 3.05) is 31.2 Å². The third-order valence-electron chi connectivity index (χ3n) is 3.00. The van der Waals surface area contributed by atoms with E-state index in [-0.39, 0.29) is 30.5 Å². The summed E-state index contributed by atoms with van der Waals surface area (Å²) in [4.78, 5) is 24.9. The number of anilines is 1. The summed E-state index contributed by atoms with van der Waals surface area (Å²) in [6.07, 6.45) is 0.467. The van der Waals surface area contributed by atoms with Crippen molar-refractivity contribution in [1.29, 1.82) is 0 Å². The summed E-state index contributed by atoms with van der Waals surface area (Å²) in [5.74, 6) is -0.385. The molecule has 122 valence electrons. The quantitative estimate of drug-likeness (QED) is 0.704. The van der Waals surface area contributed by atoms with Gasteiger partial charge in [0.25, 0.3) is 0 Å². The number of nitrogens with zero attached hydrogens (tertiary/aromatic N) is 1. The van der Waals surface area contributed by atoms with Gasteiger partial charge in [-0.25, -0.2) is 0 Å². The molecule has 0 aliphatic heterocycles. The first-order valence-electron chi connectivity index (χ1n) is 7.42. The Labute approximate surface area is 130 Å². The minimum absolute atomic E-state index is 0.166. The molecule has 0 atom stereocenters. The molecule has 0 fully saturated rings. The smallest absolute Gasteiger partial charge is 0.307 e. The number of hydrogen-bond donors (Lipinski definition) is 1. The number of rotatable bonds is 9. The van der Waals surface area contributed by atoms with E-state index in [2.05, 4.69) is 0 Å². The Bertz CT molecular complexity index is 450. The van der Waals surface area contributed by atoms with Crippen molar-refractivity contribution < 1.29 is 24.2 Å². The second-order valence-corrected chi connectivity index (χ2v) is 4.61. The molecule has 0 aliphatic rings. The van der Waals surface area contributed by atoms with Crippen LogP contribution < -0.4 is 4.90 Å². The molecule has 6 heteroatoms. The van der Waals surface area contributed by atoms with Gasteiger partial charge in [0.15, 0.2) is 0 Å². The van der Waals surface area contributed by atoms with Crippen LogP contribution in [0.1, 0.15) is 26.7 Å². The van der Waals surface area contributed by atoms with Crippen LogP contribution in [0.15, 0.2) is 24.3 Å². The lowest BCUT2D eigenvalue weighted by molar-refractivity contribution is -0.143. The van der Waals surface area contributed by atoms with E-state index < -0.39 is 0 Å². The van der Waals surface area contributed by atoms with E-state index in [4.69, 9.17) is 9.47 Å². The fourth-order valence-corrected chi connectivity index (χ4v) is 1.95. The van der Waals surface area contributed by atoms with Gasteiger partial charge < -0.3 is 19.5 Å². The lowest BCUT2D eigenvalue weighted by atomic mass is 10.2. The average Bonchev–Trinajstić information content (AvgIpc) is 2.49. The van der Waals surface area contributed by atoms with Gasteiger partial charge in [0.1, 0.15) is 5.75 Å². The summed E-state index contributed by atoms with van der Waals surface area (Å²) in [5.41, 5.74) is 0.825. The van der Waals surface area contributed by atoms with Crippen LogP contribution >= 0.6 is 0 Å². The Hall–Kier alpha value is -2.24. The molecule has 0 spiro atoms. The summed E-state index contributed by atoms with van der Waals surface area (Å²) < 4.78 is 9.83. The zero-order valence-electron chi connectivity index (χ0n) is 13.1. The number of carbonyl (C=O) groups excluding carboxylic acids is 2. The predicted octanol–water partition coefficient (Wildman–Crippen LogP) is 2.10. The van der Waals surface area contributed by atoms with Crippen molar-refractivity contribution in [3.05, 3.63) is 24.3 Å². The highest BCUT2D eigenvalue weighted by atomic mass is 16.5. The lowest BCUT2D eigenvalue weighted by Gasteiger charge is -2.24. The topological polar surface area (TPSA) is 76.1 Å². The molecule has 22 heavy (non-hydrogen) atoms. The molecule has 1 aromatic rings. The maximum Gasteiger partial charge on any atom is 0.307 e. The number of aromatic hydroxyl groups is 1. The highest BCUT2D eigenvalue weighted by Gasteiger charge is 2.12. The van der Waals surface area contributed by atoms with E-state index in [9.17, 15) is 14.7 Å². The highest BCUT2D eigenvalue weighted by Crippen LogP contribution is 2.19. The Morgan fingerprint density at radius 2 is 1.41 bits per heavy atom. The molecule has 1 rings (SSSR count). The first-order chi connectivity index (χ1) is 10.6. The molecule has 1 aromatic carbocycles. The SMILES string of the molecule is CCOC(=O)CCN(CCC(=O)OCC)c1ccc(O)cc1. The van der Waals surface area contributed by atoms with Crippen LogP contribution in [-0.4, -0.2) is 43.3 Å². The van der Waals surface area contributed by atoms with Crippen molar-refractivity contribution >= 4 is 17.6 Å². The second-order valence-electron chi connectivity index (χ2n) is 4.61. The molecule has 0 heterocycles. The molecular weight excluding hydrogens is 286 g/mol. The van der Waals surface area contributed by atoms with Gasteiger partial charge in [0.05, 0.1) is 26.1 Å². The zero-order valence-corrected chi connectivity index (χ0v) is 13.1. The van der Waals surface area contributed by atoms with Crippen molar-refractivity contribution in [3.63, 3.8) is 0 Å². The number of phenolic OH excluding ortho intramolecular Hbond substituents is 1. The van der Waals surface area contributed by atoms with E-state index in [1.54, 1.807) is 38.1 Å². The van der Waals surface area contributed by atoms with Gasteiger partial charge in [0.2, 0.25) is 0 Å². The summed E-state index contributed by atoms with van der Waals surface area (Å²) in [6.45, 7) is 5.08. The number of phenols is 1. The molecule has 0 saturated heterocycles. The molecule has 0 bridgehead atoms. The standard InChI is InChI=1S/C16H23NO5/c1-3-21-15(19)9-11-17(12-10-16(20)22-4-2)13-5-7-14(18)8-6-13/h5-8,18H,3-4,9-12H2,1-2H3. The van der Waals surface area contributed by atoms with Crippen LogP contribution in [0.4, 0.5) is 5.69 Å². The van der Waals surface area contributed by atoms with Crippen LogP contribution in [-0.2, 0) is 19.1 Å². The molecule has 0 aliphatic carbocycles. The van der Waals surface area contributed by atoms with E-state index >= 15 is 0 Å². The maximum atomic E-state index is 11.5. The van der Waals surface area contributed by atoms with Crippen LogP contribution in [0.25, 0.3) is 0 Å². The summed E-state index contributed by atoms with van der Waals surface area (Å²) >= 11 is 0. The van der Waals surface area contributed by atoms with Gasteiger partial charge >= 0.3 is 11.9 Å². The van der Waals surface area contributed by atoms with Crippen molar-refractivity contribution in [1.82, 2.24) is 0 Å². The van der Waals surface area contributed by atoms with Crippen molar-refractivity contribution in [2.24, 2.45) is 0 Å². The molecular formula is C16H23NO5. The first kappa shape index (κ1) is 17.8. The largest absolute Gasteiger partial charge is 0.508 e. The normalized spacial score (nSPS) is 10.1. The van der Waals surface area contributed by atoms with Crippen LogP contribution in [0.2, 0.25) is 0 Å². The predicted molar refractivity (Wildman–Crippen MR) is 82.8 cm³/mol. The summed E-state index contributed by atoms with van der Waals surface area (Å²) in [6, 6.07) is 6.62. The number of esters is 2. The fourth-order valence-electron chi connectivity index (χ4n) is 1.95. The zero-order chi connectivity index (χ0) is 16.4. The molecule has 0 saturated carbocycles. The Balaban J connectivity index is 2.65. The third-order valence-corrected chi connectivity index (χ3v) is 3.00. The summed E-state index contributed by atoms with van der Waals surface area (Å²) in [5, 5.41) is 9.35. The minimum atomic E-state index is -0.276. The second kappa shape index (κ2) is 9.65. The van der Waals surface area contributed by atoms with Gasteiger partial charge in [-0.1, -0.05) is 0 Å². The number of ether oxygens (including phenoxy) is 2. The number of hydrogen-bond acceptors (Lipinski definition) is 6. The minimum Gasteiger partial charge on any atom is -0.508 e. The van der Waals surface area contributed by atoms with Crippen molar-refractivity contribution in [2.45, 2.75) is 26.7 Å². The van der Waals surface area contributed by atoms with Gasteiger partial charge in [-0.3, -0.25) is 9.59 Å². The van der Waals surface area contributed by atoms with Crippen LogP contribution in [0.5, 0.6) is 5.75 Å². The summed E-state index contributed by atoms with van der Waals surface area (Å²) in [7, 11) is 0. The molecule has 0 unspecified atom stereocenters. The molecule has 1 N–H and O–H groups in total. The average molecular weight is 309 g/mol. The Kier molecular flexibility index (Phi) is 7.81. The number of benzene rings is 1. The third kappa shape index (κ3) is 6.47. The van der Waals surface area contributed by atoms with Gasteiger partial charge in [-0.05, 0) is 38.1 Å². The van der Waals surface area contributed by atoms with Gasteiger partial charge in [0, 0.05) is 18.8 Å². The fraction of sp³-hybridized carbons (Fsp3) is 0.500. The molecule has 0 aromatic heterocycles. The van der Waals surface area contributed by atoms with E-state index in [1.165, 1.54) is 0 Å². The molecule has 0 radical (unpaired) electrons. The molecule has 0 amide bonds. The maximum absolute atomic E-state index is 11.5. The van der Waals surface area contributed by atoms with Crippen LogP contribution in [0, 0.1) is 0 Å². The Morgan fingerprint density at radius 3 is 1.82 bits per heavy atom. The highest BCUT2D eigenvalue weighted by molar-refractivity contribution is 5.71. The van der Waals surface area contributed by atoms with Crippen LogP contribution in [0.3, 0.4) is 0 Å². The van der Waals surface area contributed by atoms with E-state index in [1.807, 2.05) is 4.90 Å². The van der Waals surface area contributed by atoms with E-state index in [0.717, 1.165) is 5.69 Å². The Morgan fingerprint density at radius 1 is 0.955 bits per heavy atom. The van der Waals surface area contributed by atoms with Gasteiger partial charge in [-0.15, -0.1) is 0 Å². The van der Waals surface area contributed by atoms with Crippen molar-refractivity contribution in [3.8, 4) is 5.75 Å². The number of carbonyl (C=O) groups is 2. The van der Waals surface area contributed by atoms with E-state index in [0.29, 0.717) is 26.3 Å².